The third-order valence-corrected chi connectivity index (χ3v) is 2.73. The summed E-state index contributed by atoms with van der Waals surface area (Å²) in [5, 5.41) is 2.84. The minimum absolute atomic E-state index is 0.0486. The van der Waals surface area contributed by atoms with Crippen LogP contribution in [0.5, 0.6) is 0 Å². The van der Waals surface area contributed by atoms with Gasteiger partial charge in [0.15, 0.2) is 5.58 Å². The zero-order valence-electron chi connectivity index (χ0n) is 10.3. The molecule has 2 rings (SSSR count). The number of nitrogens with one attached hydrogen (secondary N) is 2. The Labute approximate surface area is 104 Å². The van der Waals surface area contributed by atoms with Gasteiger partial charge < -0.3 is 9.73 Å². The number of hydrogen-bond donors (Lipinski definition) is 2. The molecule has 1 aromatic carbocycles. The van der Waals surface area contributed by atoms with Gasteiger partial charge in [-0.25, -0.2) is 4.79 Å². The van der Waals surface area contributed by atoms with Gasteiger partial charge in [-0.05, 0) is 24.1 Å². The topological polar surface area (TPSA) is 75.1 Å². The number of carbonyl (C=O) groups excluding carboxylic acids is 1. The predicted molar refractivity (Wildman–Crippen MR) is 68.2 cm³/mol. The summed E-state index contributed by atoms with van der Waals surface area (Å²) >= 11 is 0. The molecule has 0 aliphatic carbocycles. The first-order valence-electron chi connectivity index (χ1n) is 6.07. The maximum absolute atomic E-state index is 11.5. The van der Waals surface area contributed by atoms with Crippen molar-refractivity contribution in [2.45, 2.75) is 32.7 Å². The molecule has 0 saturated carbocycles. The number of aromatic amines is 1. The average Bonchev–Trinajstić information content (AvgIpc) is 2.73. The van der Waals surface area contributed by atoms with E-state index >= 15 is 0 Å². The molecular formula is C13H16N2O3. The van der Waals surface area contributed by atoms with E-state index in [2.05, 4.69) is 17.2 Å². The summed E-state index contributed by atoms with van der Waals surface area (Å²) in [5.41, 5.74) is 2.09. The standard InChI is InChI=1S/C13H16N2O3/c1-2-3-4-12(16)14-8-9-5-6-10-11(7-9)18-13(17)15-10/h5-7H,2-4,8H2,1H3,(H,14,16)(H,15,17). The van der Waals surface area contributed by atoms with Gasteiger partial charge >= 0.3 is 5.76 Å². The minimum atomic E-state index is -0.464. The first kappa shape index (κ1) is 12.4. The monoisotopic (exact) mass is 248 g/mol. The highest BCUT2D eigenvalue weighted by molar-refractivity contribution is 5.76. The van der Waals surface area contributed by atoms with Crippen molar-refractivity contribution in [2.24, 2.45) is 0 Å². The molecule has 0 saturated heterocycles. The van der Waals surface area contributed by atoms with Crippen LogP contribution in [0.4, 0.5) is 0 Å². The molecule has 0 spiro atoms. The lowest BCUT2D eigenvalue weighted by Crippen LogP contribution is -2.22. The number of hydrogen-bond acceptors (Lipinski definition) is 3. The van der Waals surface area contributed by atoms with Crippen molar-refractivity contribution in [2.75, 3.05) is 0 Å². The maximum atomic E-state index is 11.5. The number of aromatic nitrogens is 1. The van der Waals surface area contributed by atoms with Gasteiger partial charge in [0.1, 0.15) is 0 Å². The van der Waals surface area contributed by atoms with E-state index in [0.29, 0.717) is 24.1 Å². The van der Waals surface area contributed by atoms with Crippen molar-refractivity contribution < 1.29 is 9.21 Å². The fourth-order valence-electron chi connectivity index (χ4n) is 1.73. The average molecular weight is 248 g/mol. The highest BCUT2D eigenvalue weighted by Gasteiger charge is 2.04. The minimum Gasteiger partial charge on any atom is -0.408 e. The summed E-state index contributed by atoms with van der Waals surface area (Å²) in [7, 11) is 0. The molecule has 0 aliphatic heterocycles. The van der Waals surface area contributed by atoms with Crippen molar-refractivity contribution in [1.82, 2.24) is 10.3 Å². The molecule has 18 heavy (non-hydrogen) atoms. The Balaban J connectivity index is 1.99. The molecule has 2 N–H and O–H groups in total. The quantitative estimate of drug-likeness (QED) is 0.848. The number of H-pyrrole nitrogens is 1. The number of carbonyl (C=O) groups is 1. The van der Waals surface area contributed by atoms with Gasteiger partial charge in [-0.2, -0.15) is 0 Å². The van der Waals surface area contributed by atoms with E-state index in [4.69, 9.17) is 4.42 Å². The molecule has 0 bridgehead atoms. The zero-order chi connectivity index (χ0) is 13.0. The second kappa shape index (κ2) is 5.53. The van der Waals surface area contributed by atoms with Gasteiger partial charge in [0.25, 0.3) is 0 Å². The number of benzene rings is 1. The fraction of sp³-hybridized carbons (Fsp3) is 0.385. The van der Waals surface area contributed by atoms with Crippen LogP contribution in [0.2, 0.25) is 0 Å². The molecule has 0 radical (unpaired) electrons. The smallest absolute Gasteiger partial charge is 0.408 e. The molecule has 1 amide bonds. The zero-order valence-corrected chi connectivity index (χ0v) is 10.3. The molecule has 0 aliphatic rings. The van der Waals surface area contributed by atoms with Crippen LogP contribution in [0, 0.1) is 0 Å². The lowest BCUT2D eigenvalue weighted by molar-refractivity contribution is -0.121. The molecule has 1 heterocycles. The van der Waals surface area contributed by atoms with Crippen LogP contribution in [0.3, 0.4) is 0 Å². The SMILES string of the molecule is CCCCC(=O)NCc1ccc2[nH]c(=O)oc2c1. The first-order chi connectivity index (χ1) is 8.69. The Hall–Kier alpha value is -2.04. The van der Waals surface area contributed by atoms with Crippen LogP contribution in [-0.4, -0.2) is 10.9 Å². The van der Waals surface area contributed by atoms with Crippen LogP contribution in [0.25, 0.3) is 11.1 Å². The van der Waals surface area contributed by atoms with E-state index in [0.717, 1.165) is 18.4 Å². The molecular weight excluding hydrogens is 232 g/mol. The second-order valence-electron chi connectivity index (χ2n) is 4.23. The Morgan fingerprint density at radius 2 is 2.28 bits per heavy atom. The third-order valence-electron chi connectivity index (χ3n) is 2.73. The van der Waals surface area contributed by atoms with E-state index in [9.17, 15) is 9.59 Å². The molecule has 0 unspecified atom stereocenters. The fourth-order valence-corrected chi connectivity index (χ4v) is 1.73. The first-order valence-corrected chi connectivity index (χ1v) is 6.07. The second-order valence-corrected chi connectivity index (χ2v) is 4.23. The largest absolute Gasteiger partial charge is 0.417 e. The van der Waals surface area contributed by atoms with E-state index in [-0.39, 0.29) is 5.91 Å². The van der Waals surface area contributed by atoms with Crippen molar-refractivity contribution >= 4 is 17.0 Å². The van der Waals surface area contributed by atoms with Crippen LogP contribution < -0.4 is 11.1 Å². The van der Waals surface area contributed by atoms with Crippen LogP contribution in [0.1, 0.15) is 31.7 Å². The van der Waals surface area contributed by atoms with Gasteiger partial charge in [-0.15, -0.1) is 0 Å². The molecule has 96 valence electrons. The summed E-state index contributed by atoms with van der Waals surface area (Å²) in [5.74, 6) is -0.415. The normalized spacial score (nSPS) is 10.7. The summed E-state index contributed by atoms with van der Waals surface area (Å²) in [6, 6.07) is 5.38. The van der Waals surface area contributed by atoms with E-state index < -0.39 is 5.76 Å². The number of amides is 1. The third kappa shape index (κ3) is 3.00. The molecule has 5 nitrogen and oxygen atoms in total. The summed E-state index contributed by atoms with van der Waals surface area (Å²) in [4.78, 5) is 25.0. The summed E-state index contributed by atoms with van der Waals surface area (Å²) < 4.78 is 4.96. The number of unbranched alkanes of at least 4 members (excludes halogenated alkanes) is 1. The van der Waals surface area contributed by atoms with Gasteiger partial charge in [-0.3, -0.25) is 9.78 Å². The Kier molecular flexibility index (Phi) is 3.82. The van der Waals surface area contributed by atoms with Gasteiger partial charge in [0, 0.05) is 13.0 Å². The lowest BCUT2D eigenvalue weighted by Gasteiger charge is -2.04. The molecule has 0 atom stereocenters. The lowest BCUT2D eigenvalue weighted by atomic mass is 10.2. The van der Waals surface area contributed by atoms with Gasteiger partial charge in [0.2, 0.25) is 5.91 Å². The number of oxazole rings is 1. The van der Waals surface area contributed by atoms with Gasteiger partial charge in [-0.1, -0.05) is 19.4 Å². The Morgan fingerprint density at radius 3 is 3.06 bits per heavy atom. The van der Waals surface area contributed by atoms with Gasteiger partial charge in [0.05, 0.1) is 5.52 Å². The molecule has 1 aromatic heterocycles. The van der Waals surface area contributed by atoms with Crippen LogP contribution in [-0.2, 0) is 11.3 Å². The van der Waals surface area contributed by atoms with E-state index in [1.807, 2.05) is 6.07 Å². The van der Waals surface area contributed by atoms with E-state index in [1.165, 1.54) is 0 Å². The van der Waals surface area contributed by atoms with Crippen molar-refractivity contribution in [1.29, 1.82) is 0 Å². The summed E-state index contributed by atoms with van der Waals surface area (Å²) in [6.07, 6.45) is 2.46. The van der Waals surface area contributed by atoms with Crippen LogP contribution in [0.15, 0.2) is 27.4 Å². The highest BCUT2D eigenvalue weighted by Crippen LogP contribution is 2.12. The van der Waals surface area contributed by atoms with Crippen molar-refractivity contribution in [3.8, 4) is 0 Å². The van der Waals surface area contributed by atoms with Crippen molar-refractivity contribution in [3.63, 3.8) is 0 Å². The predicted octanol–water partition coefficient (Wildman–Crippen LogP) is 1.93. The van der Waals surface area contributed by atoms with Crippen molar-refractivity contribution in [3.05, 3.63) is 34.3 Å². The maximum Gasteiger partial charge on any atom is 0.417 e. The molecule has 2 aromatic rings. The van der Waals surface area contributed by atoms with Crippen LogP contribution >= 0.6 is 0 Å². The Bertz CT molecular complexity index is 598. The van der Waals surface area contributed by atoms with E-state index in [1.54, 1.807) is 12.1 Å². The number of rotatable bonds is 5. The highest BCUT2D eigenvalue weighted by atomic mass is 16.4. The number of fused-ring (bicyclic) bond motifs is 1. The molecule has 0 fully saturated rings. The summed E-state index contributed by atoms with van der Waals surface area (Å²) in [6.45, 7) is 2.50. The molecule has 5 heteroatoms. The Morgan fingerprint density at radius 1 is 1.44 bits per heavy atom.